The molecule has 6 nitrogen and oxygen atoms in total. The van der Waals surface area contributed by atoms with Gasteiger partial charge in [-0.2, -0.15) is 0 Å². The number of carbonyl (C=O) groups excluding carboxylic acids is 1. The van der Waals surface area contributed by atoms with Crippen molar-refractivity contribution in [1.82, 2.24) is 10.5 Å². The Morgan fingerprint density at radius 1 is 1.44 bits per heavy atom. The van der Waals surface area contributed by atoms with Crippen molar-refractivity contribution in [3.8, 4) is 0 Å². The average molecular weight is 348 g/mol. The van der Waals surface area contributed by atoms with Gasteiger partial charge in [-0.3, -0.25) is 4.79 Å². The number of hydrogen-bond donors (Lipinski definition) is 2. The van der Waals surface area contributed by atoms with Crippen LogP contribution in [0.3, 0.4) is 0 Å². The quantitative estimate of drug-likeness (QED) is 0.794. The third-order valence-electron chi connectivity index (χ3n) is 4.30. The molecule has 0 radical (unpaired) electrons. The van der Waals surface area contributed by atoms with E-state index in [1.165, 1.54) is 12.1 Å². The van der Waals surface area contributed by atoms with E-state index in [0.29, 0.717) is 48.1 Å². The Morgan fingerprint density at radius 2 is 2.32 bits per heavy atom. The van der Waals surface area contributed by atoms with Crippen molar-refractivity contribution >= 4 is 5.91 Å². The number of aliphatic hydroxyl groups excluding tert-OH is 1. The van der Waals surface area contributed by atoms with Gasteiger partial charge in [0.15, 0.2) is 0 Å². The maximum atomic E-state index is 13.3. The van der Waals surface area contributed by atoms with Gasteiger partial charge in [0.25, 0.3) is 0 Å². The number of carbonyl (C=O) groups is 1. The van der Waals surface area contributed by atoms with Crippen molar-refractivity contribution in [2.24, 2.45) is 5.92 Å². The lowest BCUT2D eigenvalue weighted by Crippen LogP contribution is -2.31. The van der Waals surface area contributed by atoms with E-state index in [2.05, 4.69) is 10.5 Å². The molecule has 1 saturated heterocycles. The van der Waals surface area contributed by atoms with Gasteiger partial charge in [-0.1, -0.05) is 17.3 Å². The minimum Gasteiger partial charge on any atom is -0.391 e. The van der Waals surface area contributed by atoms with Gasteiger partial charge in [0.05, 0.1) is 25.3 Å². The lowest BCUT2D eigenvalue weighted by molar-refractivity contribution is -0.120. The third-order valence-corrected chi connectivity index (χ3v) is 4.30. The molecule has 1 amide bonds. The highest BCUT2D eigenvalue weighted by atomic mass is 19.1. The number of rotatable bonds is 7. The van der Waals surface area contributed by atoms with Gasteiger partial charge in [-0.15, -0.1) is 0 Å². The molecule has 1 atom stereocenters. The van der Waals surface area contributed by atoms with E-state index in [0.717, 1.165) is 13.0 Å². The summed E-state index contributed by atoms with van der Waals surface area (Å²) in [7, 11) is 0. The maximum Gasteiger partial charge on any atom is 0.226 e. The molecule has 1 fully saturated rings. The van der Waals surface area contributed by atoms with Gasteiger partial charge in [-0.25, -0.2) is 4.39 Å². The summed E-state index contributed by atoms with van der Waals surface area (Å²) in [6, 6.07) is 6.14. The molecule has 2 N–H and O–H groups in total. The van der Waals surface area contributed by atoms with E-state index in [-0.39, 0.29) is 24.8 Å². The number of hydrogen-bond acceptors (Lipinski definition) is 5. The molecular weight excluding hydrogens is 327 g/mol. The Balaban J connectivity index is 1.61. The molecule has 0 aliphatic carbocycles. The predicted octanol–water partition coefficient (Wildman–Crippen LogP) is 1.59. The zero-order valence-corrected chi connectivity index (χ0v) is 13.8. The molecule has 2 aromatic rings. The molecule has 0 saturated carbocycles. The van der Waals surface area contributed by atoms with E-state index < -0.39 is 0 Å². The van der Waals surface area contributed by atoms with Gasteiger partial charge in [0.1, 0.15) is 11.6 Å². The van der Waals surface area contributed by atoms with Crippen LogP contribution >= 0.6 is 0 Å². The molecule has 134 valence electrons. The summed E-state index contributed by atoms with van der Waals surface area (Å²) < 4.78 is 23.8. The zero-order valence-electron chi connectivity index (χ0n) is 13.8. The van der Waals surface area contributed by atoms with Crippen molar-refractivity contribution in [2.75, 3.05) is 19.8 Å². The third kappa shape index (κ3) is 4.64. The number of nitrogens with zero attached hydrogens (tertiary/aromatic N) is 1. The second kappa shape index (κ2) is 8.22. The fourth-order valence-electron chi connectivity index (χ4n) is 2.89. The van der Waals surface area contributed by atoms with Crippen molar-refractivity contribution in [3.05, 3.63) is 52.7 Å². The first-order valence-corrected chi connectivity index (χ1v) is 8.31. The molecule has 7 heteroatoms. The molecular formula is C18H21FN2O4. The fraction of sp³-hybridized carbons (Fsp3) is 0.444. The Kier molecular flexibility index (Phi) is 5.78. The summed E-state index contributed by atoms with van der Waals surface area (Å²) in [5.41, 5.74) is 1.61. The summed E-state index contributed by atoms with van der Waals surface area (Å²) in [5, 5.41) is 16.4. The highest BCUT2D eigenvalue weighted by molar-refractivity contribution is 5.78. The van der Waals surface area contributed by atoms with Crippen molar-refractivity contribution in [3.63, 3.8) is 0 Å². The summed E-state index contributed by atoms with van der Waals surface area (Å²) >= 11 is 0. The van der Waals surface area contributed by atoms with Crippen LogP contribution in [0.5, 0.6) is 0 Å². The Hall–Kier alpha value is -2.25. The maximum absolute atomic E-state index is 13.3. The minimum atomic E-state index is -0.335. The number of amides is 1. The normalized spacial score (nSPS) is 17.0. The van der Waals surface area contributed by atoms with E-state index >= 15 is 0 Å². The van der Waals surface area contributed by atoms with Crippen LogP contribution in [0.1, 0.15) is 29.0 Å². The van der Waals surface area contributed by atoms with E-state index in [9.17, 15) is 14.3 Å². The molecule has 0 bridgehead atoms. The van der Waals surface area contributed by atoms with Crippen LogP contribution in [0.15, 0.2) is 28.8 Å². The number of aliphatic hydroxyl groups is 1. The first-order chi connectivity index (χ1) is 12.2. The monoisotopic (exact) mass is 348 g/mol. The summed E-state index contributed by atoms with van der Waals surface area (Å²) in [5.74, 6) is 0.285. The smallest absolute Gasteiger partial charge is 0.226 e. The van der Waals surface area contributed by atoms with Crippen molar-refractivity contribution in [1.29, 1.82) is 0 Å². The largest absolute Gasteiger partial charge is 0.391 e. The lowest BCUT2D eigenvalue weighted by atomic mass is 10.0. The second-order valence-electron chi connectivity index (χ2n) is 6.21. The number of nitrogens with one attached hydrogen (secondary N) is 1. The SMILES string of the molecule is O=C(Cc1noc(Cc2cccc(F)c2)c1CO)NCC1CCOC1. The molecule has 1 aliphatic rings. The predicted molar refractivity (Wildman–Crippen MR) is 87.3 cm³/mol. The van der Waals surface area contributed by atoms with Crippen LogP contribution in [-0.4, -0.2) is 35.9 Å². The number of halogens is 1. The Labute approximate surface area is 145 Å². The van der Waals surface area contributed by atoms with Gasteiger partial charge in [-0.05, 0) is 24.1 Å². The molecule has 3 rings (SSSR count). The summed E-state index contributed by atoms with van der Waals surface area (Å²) in [6.07, 6.45) is 1.29. The molecule has 2 heterocycles. The van der Waals surface area contributed by atoms with Gasteiger partial charge < -0.3 is 19.7 Å². The second-order valence-corrected chi connectivity index (χ2v) is 6.21. The minimum absolute atomic E-state index is 0.0378. The topological polar surface area (TPSA) is 84.6 Å². The highest BCUT2D eigenvalue weighted by Crippen LogP contribution is 2.19. The first-order valence-electron chi connectivity index (χ1n) is 8.31. The lowest BCUT2D eigenvalue weighted by Gasteiger charge is -2.09. The van der Waals surface area contributed by atoms with Crippen LogP contribution in [0.25, 0.3) is 0 Å². The molecule has 1 aromatic heterocycles. The van der Waals surface area contributed by atoms with Crippen LogP contribution in [0.4, 0.5) is 4.39 Å². The van der Waals surface area contributed by atoms with Crippen molar-refractivity contribution < 1.29 is 23.6 Å². The fourth-order valence-corrected chi connectivity index (χ4v) is 2.89. The van der Waals surface area contributed by atoms with Gasteiger partial charge >= 0.3 is 0 Å². The number of benzene rings is 1. The Morgan fingerprint density at radius 3 is 3.04 bits per heavy atom. The molecule has 1 aromatic carbocycles. The van der Waals surface area contributed by atoms with E-state index in [1.807, 2.05) is 0 Å². The summed E-state index contributed by atoms with van der Waals surface area (Å²) in [6.45, 7) is 1.69. The van der Waals surface area contributed by atoms with Crippen molar-refractivity contribution in [2.45, 2.75) is 25.9 Å². The van der Waals surface area contributed by atoms with Gasteiger partial charge in [0.2, 0.25) is 5.91 Å². The molecule has 1 aliphatic heterocycles. The highest BCUT2D eigenvalue weighted by Gasteiger charge is 2.20. The molecule has 25 heavy (non-hydrogen) atoms. The van der Waals surface area contributed by atoms with Crippen LogP contribution < -0.4 is 5.32 Å². The van der Waals surface area contributed by atoms with Gasteiger partial charge in [0, 0.05) is 31.1 Å². The van der Waals surface area contributed by atoms with Crippen LogP contribution in [0.2, 0.25) is 0 Å². The standard InChI is InChI=1S/C18H21FN2O4/c19-14-3-1-2-12(6-14)7-17-15(10-22)16(21-25-17)8-18(23)20-9-13-4-5-24-11-13/h1-3,6,13,22H,4-5,7-11H2,(H,20,23). The van der Waals surface area contributed by atoms with E-state index in [4.69, 9.17) is 9.26 Å². The Bertz CT molecular complexity index is 726. The zero-order chi connectivity index (χ0) is 17.6. The number of aromatic nitrogens is 1. The molecule has 1 unspecified atom stereocenters. The van der Waals surface area contributed by atoms with Crippen LogP contribution in [0, 0.1) is 11.7 Å². The number of ether oxygens (including phenoxy) is 1. The average Bonchev–Trinajstić information content (AvgIpc) is 3.23. The first kappa shape index (κ1) is 17.6. The summed E-state index contributed by atoms with van der Waals surface area (Å²) in [4.78, 5) is 12.1. The van der Waals surface area contributed by atoms with Crippen LogP contribution in [-0.2, 0) is 29.0 Å². The molecule has 0 spiro atoms. The van der Waals surface area contributed by atoms with E-state index in [1.54, 1.807) is 12.1 Å².